The third kappa shape index (κ3) is 5.33. The predicted molar refractivity (Wildman–Crippen MR) is 138 cm³/mol. The lowest BCUT2D eigenvalue weighted by Crippen LogP contribution is -1.83. The Bertz CT molecular complexity index is 1380. The van der Waals surface area contributed by atoms with E-state index in [1.807, 2.05) is 91.0 Å². The second-order valence-corrected chi connectivity index (χ2v) is 8.02. The molecule has 2 nitrogen and oxygen atoms in total. The van der Waals surface area contributed by atoms with Crippen molar-refractivity contribution in [2.24, 2.45) is 0 Å². The van der Waals surface area contributed by atoms with Gasteiger partial charge in [-0.25, -0.2) is 8.78 Å². The highest BCUT2D eigenvalue weighted by Gasteiger charge is 2.05. The highest BCUT2D eigenvalue weighted by molar-refractivity contribution is 5.74. The zero-order valence-corrected chi connectivity index (χ0v) is 18.7. The summed E-state index contributed by atoms with van der Waals surface area (Å²) in [6.45, 7) is 0. The third-order valence-electron chi connectivity index (χ3n) is 5.62. The van der Waals surface area contributed by atoms with Gasteiger partial charge in [0.15, 0.2) is 5.76 Å². The summed E-state index contributed by atoms with van der Waals surface area (Å²) in [6, 6.07) is 30.6. The average molecular weight is 462 g/mol. The van der Waals surface area contributed by atoms with Gasteiger partial charge in [0.05, 0.1) is 0 Å². The monoisotopic (exact) mass is 461 g/mol. The van der Waals surface area contributed by atoms with Crippen LogP contribution in [0, 0.1) is 11.6 Å². The molecule has 170 valence electrons. The van der Waals surface area contributed by atoms with Gasteiger partial charge in [-0.1, -0.05) is 102 Å². The molecule has 1 aromatic heterocycles. The van der Waals surface area contributed by atoms with Crippen molar-refractivity contribution >= 4 is 24.3 Å². The number of hydrogen-bond donors (Lipinski definition) is 0. The van der Waals surface area contributed by atoms with Gasteiger partial charge in [-0.2, -0.15) is 0 Å². The molecule has 0 saturated carbocycles. The first-order chi connectivity index (χ1) is 17.2. The fourth-order valence-electron chi connectivity index (χ4n) is 3.76. The third-order valence-corrected chi connectivity index (χ3v) is 5.62. The van der Waals surface area contributed by atoms with Gasteiger partial charge in [-0.05, 0) is 46.5 Å². The minimum absolute atomic E-state index is 0.236. The standard InChI is InChI=1S/C31H21F2NO/c32-30-7-3-1-5-28(30)24-15-9-22(10-16-24)13-19-26-21-27(35-34-26)20-14-23-11-17-25(18-12-23)29-6-2-4-8-31(29)33/h1-21H/b19-13+,20-14+. The van der Waals surface area contributed by atoms with Gasteiger partial charge in [-0.3, -0.25) is 0 Å². The Kier molecular flexibility index (Phi) is 6.44. The molecule has 4 aromatic carbocycles. The zero-order valence-electron chi connectivity index (χ0n) is 18.7. The van der Waals surface area contributed by atoms with E-state index in [4.69, 9.17) is 4.52 Å². The maximum Gasteiger partial charge on any atom is 0.160 e. The van der Waals surface area contributed by atoms with Crippen LogP contribution in [-0.4, -0.2) is 5.16 Å². The lowest BCUT2D eigenvalue weighted by atomic mass is 10.0. The first-order valence-corrected chi connectivity index (χ1v) is 11.2. The highest BCUT2D eigenvalue weighted by atomic mass is 19.1. The Morgan fingerprint density at radius 2 is 1.03 bits per heavy atom. The molecule has 0 unspecified atom stereocenters. The van der Waals surface area contributed by atoms with Crippen LogP contribution in [0.25, 0.3) is 46.6 Å². The number of nitrogens with zero attached hydrogens (tertiary/aromatic N) is 1. The van der Waals surface area contributed by atoms with E-state index in [0.717, 1.165) is 22.3 Å². The minimum atomic E-state index is -0.237. The molecule has 5 aromatic rings. The van der Waals surface area contributed by atoms with Crippen molar-refractivity contribution in [3.8, 4) is 22.3 Å². The van der Waals surface area contributed by atoms with Crippen molar-refractivity contribution in [3.63, 3.8) is 0 Å². The summed E-state index contributed by atoms with van der Waals surface area (Å²) in [5, 5.41) is 4.08. The Labute approximate surface area is 202 Å². The van der Waals surface area contributed by atoms with Gasteiger partial charge in [-0.15, -0.1) is 0 Å². The maximum absolute atomic E-state index is 14.0. The molecule has 0 fully saturated rings. The molecule has 0 aliphatic rings. The molecule has 0 aliphatic carbocycles. The average Bonchev–Trinajstić information content (AvgIpc) is 3.36. The summed E-state index contributed by atoms with van der Waals surface area (Å²) in [6.07, 6.45) is 7.55. The minimum Gasteiger partial charge on any atom is -0.356 e. The molecule has 0 atom stereocenters. The normalized spacial score (nSPS) is 11.5. The van der Waals surface area contributed by atoms with Crippen LogP contribution in [-0.2, 0) is 0 Å². The van der Waals surface area contributed by atoms with Crippen LogP contribution >= 0.6 is 0 Å². The molecule has 0 aliphatic heterocycles. The first-order valence-electron chi connectivity index (χ1n) is 11.2. The smallest absolute Gasteiger partial charge is 0.160 e. The van der Waals surface area contributed by atoms with E-state index in [1.54, 1.807) is 24.3 Å². The molecule has 4 heteroatoms. The fourth-order valence-corrected chi connectivity index (χ4v) is 3.76. The number of hydrogen-bond acceptors (Lipinski definition) is 2. The quantitative estimate of drug-likeness (QED) is 0.253. The molecule has 0 amide bonds. The zero-order chi connectivity index (χ0) is 24.0. The van der Waals surface area contributed by atoms with Crippen LogP contribution in [0.15, 0.2) is 108 Å². The van der Waals surface area contributed by atoms with E-state index in [-0.39, 0.29) is 11.6 Å². The van der Waals surface area contributed by atoms with Crippen molar-refractivity contribution in [2.45, 2.75) is 0 Å². The highest BCUT2D eigenvalue weighted by Crippen LogP contribution is 2.24. The van der Waals surface area contributed by atoms with Crippen molar-refractivity contribution in [2.75, 3.05) is 0 Å². The molecule has 0 spiro atoms. The molecule has 1 heterocycles. The van der Waals surface area contributed by atoms with Crippen molar-refractivity contribution in [1.82, 2.24) is 5.16 Å². The van der Waals surface area contributed by atoms with Gasteiger partial charge in [0.1, 0.15) is 17.3 Å². The van der Waals surface area contributed by atoms with Gasteiger partial charge < -0.3 is 4.52 Å². The van der Waals surface area contributed by atoms with E-state index in [9.17, 15) is 8.78 Å². The van der Waals surface area contributed by atoms with Gasteiger partial charge in [0.2, 0.25) is 0 Å². The second kappa shape index (κ2) is 10.1. The Balaban J connectivity index is 1.23. The predicted octanol–water partition coefficient (Wildman–Crippen LogP) is 8.63. The fraction of sp³-hybridized carbons (Fsp3) is 0. The second-order valence-electron chi connectivity index (χ2n) is 8.02. The summed E-state index contributed by atoms with van der Waals surface area (Å²) in [5.41, 5.74) is 5.45. The van der Waals surface area contributed by atoms with Crippen LogP contribution in [0.2, 0.25) is 0 Å². The van der Waals surface area contributed by atoms with E-state index < -0.39 is 0 Å². The van der Waals surface area contributed by atoms with E-state index in [2.05, 4.69) is 5.16 Å². The van der Waals surface area contributed by atoms with Crippen LogP contribution in [0.3, 0.4) is 0 Å². The Morgan fingerprint density at radius 3 is 1.54 bits per heavy atom. The molecule has 0 bridgehead atoms. The van der Waals surface area contributed by atoms with Crippen LogP contribution < -0.4 is 0 Å². The molecule has 35 heavy (non-hydrogen) atoms. The molecule has 5 rings (SSSR count). The molecule has 0 N–H and O–H groups in total. The van der Waals surface area contributed by atoms with Crippen LogP contribution in [0.4, 0.5) is 8.78 Å². The lowest BCUT2D eigenvalue weighted by Gasteiger charge is -2.03. The summed E-state index contributed by atoms with van der Waals surface area (Å²) in [7, 11) is 0. The van der Waals surface area contributed by atoms with Crippen molar-refractivity contribution in [3.05, 3.63) is 137 Å². The Morgan fingerprint density at radius 1 is 0.543 bits per heavy atom. The summed E-state index contributed by atoms with van der Waals surface area (Å²) in [5.74, 6) is 0.150. The molecule has 0 radical (unpaired) electrons. The molecule has 0 saturated heterocycles. The summed E-state index contributed by atoms with van der Waals surface area (Å²) < 4.78 is 33.3. The number of halogens is 2. The SMILES string of the molecule is Fc1ccccc1-c1ccc(/C=C/c2cc(/C=C/c3ccc(-c4ccccc4F)cc3)on2)cc1. The van der Waals surface area contributed by atoms with E-state index in [1.165, 1.54) is 12.1 Å². The number of benzene rings is 4. The van der Waals surface area contributed by atoms with Gasteiger partial charge in [0.25, 0.3) is 0 Å². The largest absolute Gasteiger partial charge is 0.356 e. The van der Waals surface area contributed by atoms with Gasteiger partial charge >= 0.3 is 0 Å². The lowest BCUT2D eigenvalue weighted by molar-refractivity contribution is 0.411. The van der Waals surface area contributed by atoms with Crippen molar-refractivity contribution in [1.29, 1.82) is 0 Å². The number of aromatic nitrogens is 1. The topological polar surface area (TPSA) is 26.0 Å². The van der Waals surface area contributed by atoms with Gasteiger partial charge in [0, 0.05) is 17.2 Å². The van der Waals surface area contributed by atoms with E-state index in [0.29, 0.717) is 22.6 Å². The first kappa shape index (κ1) is 22.2. The summed E-state index contributed by atoms with van der Waals surface area (Å²) >= 11 is 0. The maximum atomic E-state index is 14.0. The summed E-state index contributed by atoms with van der Waals surface area (Å²) in [4.78, 5) is 0. The number of rotatable bonds is 6. The molecular formula is C31H21F2NO. The van der Waals surface area contributed by atoms with Crippen LogP contribution in [0.1, 0.15) is 22.6 Å². The molecular weight excluding hydrogens is 440 g/mol. The van der Waals surface area contributed by atoms with E-state index >= 15 is 0 Å². The van der Waals surface area contributed by atoms with Crippen LogP contribution in [0.5, 0.6) is 0 Å². The van der Waals surface area contributed by atoms with Crippen molar-refractivity contribution < 1.29 is 13.3 Å². The Hall–Kier alpha value is -4.57.